The van der Waals surface area contributed by atoms with E-state index in [1.807, 2.05) is 71.4 Å². The van der Waals surface area contributed by atoms with Crippen LogP contribution >= 0.6 is 0 Å². The topological polar surface area (TPSA) is 57.3 Å². The average Bonchev–Trinajstić information content (AvgIpc) is 3.10. The van der Waals surface area contributed by atoms with Crippen molar-refractivity contribution in [3.63, 3.8) is 0 Å². The first kappa shape index (κ1) is 15.9. The summed E-state index contributed by atoms with van der Waals surface area (Å²) in [5.74, 6) is 0.790. The molecule has 4 rings (SSSR count). The smallest absolute Gasteiger partial charge is 0.271 e. The van der Waals surface area contributed by atoms with Gasteiger partial charge < -0.3 is 9.30 Å². The standard InChI is InChI=1S/C21H16N2O3/c24-23(25)19-8-4-7-18(14-19)22-12-11-17-13-20(9-10-21(17)22)26-15-16-5-2-1-3-6-16/h1-14H,15H2. The SMILES string of the molecule is O=[N+]([O-])c1cccc(-n2ccc3cc(OCc4ccccc4)ccc32)c1. The number of aromatic nitrogens is 1. The number of nitro groups is 1. The molecule has 128 valence electrons. The lowest BCUT2D eigenvalue weighted by Gasteiger charge is -2.08. The lowest BCUT2D eigenvalue weighted by molar-refractivity contribution is -0.384. The van der Waals surface area contributed by atoms with Gasteiger partial charge in [-0.05, 0) is 35.9 Å². The van der Waals surface area contributed by atoms with E-state index in [0.717, 1.165) is 27.9 Å². The molecule has 0 unspecified atom stereocenters. The quantitative estimate of drug-likeness (QED) is 0.373. The number of rotatable bonds is 5. The zero-order valence-corrected chi connectivity index (χ0v) is 13.9. The Hall–Kier alpha value is -3.60. The number of hydrogen-bond acceptors (Lipinski definition) is 3. The van der Waals surface area contributed by atoms with Gasteiger partial charge in [0.25, 0.3) is 5.69 Å². The van der Waals surface area contributed by atoms with E-state index in [9.17, 15) is 10.1 Å². The fraction of sp³-hybridized carbons (Fsp3) is 0.0476. The van der Waals surface area contributed by atoms with Crippen LogP contribution < -0.4 is 4.74 Å². The summed E-state index contributed by atoms with van der Waals surface area (Å²) in [6.45, 7) is 0.512. The van der Waals surface area contributed by atoms with Crippen molar-refractivity contribution in [1.82, 2.24) is 4.57 Å². The number of ether oxygens (including phenoxy) is 1. The van der Waals surface area contributed by atoms with E-state index in [1.54, 1.807) is 12.1 Å². The number of non-ortho nitro benzene ring substituents is 1. The molecule has 0 saturated heterocycles. The molecule has 0 atom stereocenters. The second kappa shape index (κ2) is 6.72. The van der Waals surface area contributed by atoms with E-state index >= 15 is 0 Å². The Kier molecular flexibility index (Phi) is 4.11. The fourth-order valence-corrected chi connectivity index (χ4v) is 2.93. The maximum atomic E-state index is 11.0. The first-order chi connectivity index (χ1) is 12.7. The lowest BCUT2D eigenvalue weighted by Crippen LogP contribution is -1.96. The molecule has 0 fully saturated rings. The highest BCUT2D eigenvalue weighted by atomic mass is 16.6. The van der Waals surface area contributed by atoms with Crippen LogP contribution in [0.4, 0.5) is 5.69 Å². The van der Waals surface area contributed by atoms with Crippen LogP contribution in [-0.4, -0.2) is 9.49 Å². The van der Waals surface area contributed by atoms with Crippen LogP contribution in [0.1, 0.15) is 5.56 Å². The maximum Gasteiger partial charge on any atom is 0.271 e. The molecule has 0 aliphatic heterocycles. The molecule has 26 heavy (non-hydrogen) atoms. The second-order valence-corrected chi connectivity index (χ2v) is 5.96. The molecule has 0 aliphatic rings. The van der Waals surface area contributed by atoms with Crippen LogP contribution in [0.2, 0.25) is 0 Å². The number of nitro benzene ring substituents is 1. The highest BCUT2D eigenvalue weighted by Gasteiger charge is 2.09. The molecular weight excluding hydrogens is 328 g/mol. The van der Waals surface area contributed by atoms with Gasteiger partial charge in [-0.25, -0.2) is 0 Å². The van der Waals surface area contributed by atoms with Crippen molar-refractivity contribution in [2.75, 3.05) is 0 Å². The van der Waals surface area contributed by atoms with E-state index in [1.165, 1.54) is 6.07 Å². The van der Waals surface area contributed by atoms with E-state index in [-0.39, 0.29) is 10.6 Å². The fourth-order valence-electron chi connectivity index (χ4n) is 2.93. The van der Waals surface area contributed by atoms with Crippen molar-refractivity contribution in [3.8, 4) is 11.4 Å². The Morgan fingerprint density at radius 2 is 1.77 bits per heavy atom. The van der Waals surface area contributed by atoms with Crippen LogP contribution in [-0.2, 0) is 6.61 Å². The minimum Gasteiger partial charge on any atom is -0.489 e. The molecule has 0 N–H and O–H groups in total. The Morgan fingerprint density at radius 1 is 0.923 bits per heavy atom. The monoisotopic (exact) mass is 344 g/mol. The van der Waals surface area contributed by atoms with Gasteiger partial charge in [-0.2, -0.15) is 0 Å². The summed E-state index contributed by atoms with van der Waals surface area (Å²) in [5.41, 5.74) is 2.92. The summed E-state index contributed by atoms with van der Waals surface area (Å²) in [6, 6.07) is 24.4. The molecule has 3 aromatic carbocycles. The Morgan fingerprint density at radius 3 is 2.58 bits per heavy atom. The Bertz CT molecular complexity index is 1070. The van der Waals surface area contributed by atoms with Crippen LogP contribution in [0.15, 0.2) is 85.1 Å². The number of nitrogens with zero attached hydrogens (tertiary/aromatic N) is 2. The van der Waals surface area contributed by atoms with Crippen molar-refractivity contribution < 1.29 is 9.66 Å². The van der Waals surface area contributed by atoms with Gasteiger partial charge in [0.2, 0.25) is 0 Å². The van der Waals surface area contributed by atoms with Gasteiger partial charge in [-0.3, -0.25) is 10.1 Å². The minimum atomic E-state index is -0.384. The van der Waals surface area contributed by atoms with E-state index in [2.05, 4.69) is 0 Å². The molecule has 1 heterocycles. The van der Waals surface area contributed by atoms with Gasteiger partial charge in [-0.15, -0.1) is 0 Å². The van der Waals surface area contributed by atoms with Crippen molar-refractivity contribution in [2.45, 2.75) is 6.61 Å². The van der Waals surface area contributed by atoms with Crippen LogP contribution in [0.3, 0.4) is 0 Å². The van der Waals surface area contributed by atoms with E-state index < -0.39 is 0 Å². The molecule has 1 aromatic heterocycles. The lowest BCUT2D eigenvalue weighted by atomic mass is 10.2. The number of fused-ring (bicyclic) bond motifs is 1. The predicted molar refractivity (Wildman–Crippen MR) is 101 cm³/mol. The van der Waals surface area contributed by atoms with Crippen molar-refractivity contribution in [1.29, 1.82) is 0 Å². The number of hydrogen-bond donors (Lipinski definition) is 0. The van der Waals surface area contributed by atoms with Crippen LogP contribution in [0, 0.1) is 10.1 Å². The third-order valence-electron chi connectivity index (χ3n) is 4.23. The summed E-state index contributed by atoms with van der Waals surface area (Å²) < 4.78 is 7.80. The summed E-state index contributed by atoms with van der Waals surface area (Å²) >= 11 is 0. The minimum absolute atomic E-state index is 0.0761. The maximum absolute atomic E-state index is 11.0. The highest BCUT2D eigenvalue weighted by Crippen LogP contribution is 2.26. The third-order valence-corrected chi connectivity index (χ3v) is 4.23. The zero-order valence-electron chi connectivity index (χ0n) is 13.9. The Balaban J connectivity index is 1.61. The van der Waals surface area contributed by atoms with Gasteiger partial charge >= 0.3 is 0 Å². The molecule has 0 radical (unpaired) electrons. The molecular formula is C21H16N2O3. The molecule has 0 aliphatic carbocycles. The molecule has 0 bridgehead atoms. The molecule has 0 amide bonds. The van der Waals surface area contributed by atoms with Gasteiger partial charge in [0, 0.05) is 23.7 Å². The largest absolute Gasteiger partial charge is 0.489 e. The summed E-state index contributed by atoms with van der Waals surface area (Å²) in [5, 5.41) is 12.0. The van der Waals surface area contributed by atoms with Crippen LogP contribution in [0.5, 0.6) is 5.75 Å². The van der Waals surface area contributed by atoms with Crippen molar-refractivity contribution in [3.05, 3.63) is 101 Å². The molecule has 0 spiro atoms. The van der Waals surface area contributed by atoms with Crippen molar-refractivity contribution >= 4 is 16.6 Å². The predicted octanol–water partition coefficient (Wildman–Crippen LogP) is 5.12. The molecule has 0 saturated carbocycles. The van der Waals surface area contributed by atoms with Gasteiger partial charge in [0.05, 0.1) is 16.1 Å². The molecule has 4 aromatic rings. The van der Waals surface area contributed by atoms with Gasteiger partial charge in [0.1, 0.15) is 12.4 Å². The summed E-state index contributed by atoms with van der Waals surface area (Å²) in [7, 11) is 0. The number of benzene rings is 3. The summed E-state index contributed by atoms with van der Waals surface area (Å²) in [6.07, 6.45) is 1.91. The molecule has 5 nitrogen and oxygen atoms in total. The third kappa shape index (κ3) is 3.15. The van der Waals surface area contributed by atoms with E-state index in [0.29, 0.717) is 6.61 Å². The molecule has 5 heteroatoms. The van der Waals surface area contributed by atoms with Crippen LogP contribution in [0.25, 0.3) is 16.6 Å². The van der Waals surface area contributed by atoms with Crippen molar-refractivity contribution in [2.24, 2.45) is 0 Å². The first-order valence-corrected chi connectivity index (χ1v) is 8.23. The highest BCUT2D eigenvalue weighted by molar-refractivity contribution is 5.83. The van der Waals surface area contributed by atoms with Gasteiger partial charge in [-0.1, -0.05) is 36.4 Å². The summed E-state index contributed by atoms with van der Waals surface area (Å²) in [4.78, 5) is 10.6. The van der Waals surface area contributed by atoms with Gasteiger partial charge in [0.15, 0.2) is 0 Å². The van der Waals surface area contributed by atoms with E-state index in [4.69, 9.17) is 4.74 Å². The Labute approximate surface area is 150 Å². The second-order valence-electron chi connectivity index (χ2n) is 5.96. The first-order valence-electron chi connectivity index (χ1n) is 8.23. The average molecular weight is 344 g/mol. The normalized spacial score (nSPS) is 10.8. The zero-order chi connectivity index (χ0) is 17.9.